The molecule has 1 rings (SSSR count). The Kier molecular flexibility index (Phi) is 5.16. The van der Waals surface area contributed by atoms with Gasteiger partial charge < -0.3 is 4.74 Å². The Hall–Kier alpha value is -1.31. The summed E-state index contributed by atoms with van der Waals surface area (Å²) in [4.78, 5) is 12.7. The molecule has 106 valence electrons. The van der Waals surface area contributed by atoms with E-state index in [0.29, 0.717) is 0 Å². The zero-order chi connectivity index (χ0) is 14.6. The molecule has 0 fully saturated rings. The van der Waals surface area contributed by atoms with Crippen LogP contribution in [0.4, 0.5) is 0 Å². The Balaban J connectivity index is 3.35. The summed E-state index contributed by atoms with van der Waals surface area (Å²) >= 11 is 0. The van der Waals surface area contributed by atoms with Gasteiger partial charge in [-0.1, -0.05) is 58.0 Å². The molecular formula is C17H26O2. The van der Waals surface area contributed by atoms with Crippen molar-refractivity contribution in [3.63, 3.8) is 0 Å². The molecule has 0 bridgehead atoms. The van der Waals surface area contributed by atoms with Crippen molar-refractivity contribution in [1.82, 2.24) is 0 Å². The van der Waals surface area contributed by atoms with Gasteiger partial charge in [-0.3, -0.25) is 4.79 Å². The van der Waals surface area contributed by atoms with Gasteiger partial charge in [0.05, 0.1) is 11.5 Å². The van der Waals surface area contributed by atoms with Crippen molar-refractivity contribution in [3.05, 3.63) is 35.9 Å². The minimum atomic E-state index is -0.578. The van der Waals surface area contributed by atoms with Gasteiger partial charge in [-0.25, -0.2) is 0 Å². The fourth-order valence-corrected chi connectivity index (χ4v) is 2.95. The van der Waals surface area contributed by atoms with Crippen LogP contribution in [0.2, 0.25) is 0 Å². The highest BCUT2D eigenvalue weighted by Gasteiger charge is 2.47. The third-order valence-corrected chi connectivity index (χ3v) is 3.75. The van der Waals surface area contributed by atoms with Gasteiger partial charge in [-0.15, -0.1) is 0 Å². The number of hydrogen-bond acceptors (Lipinski definition) is 2. The minimum absolute atomic E-state index is 0.0897. The second-order valence-electron chi connectivity index (χ2n) is 6.00. The summed E-state index contributed by atoms with van der Waals surface area (Å²) in [5.41, 5.74) is 0.469. The van der Waals surface area contributed by atoms with E-state index in [4.69, 9.17) is 4.74 Å². The predicted octanol–water partition coefficient (Wildman–Crippen LogP) is 4.19. The number of rotatable bonds is 5. The number of ether oxygens (including phenoxy) is 1. The van der Waals surface area contributed by atoms with Crippen LogP contribution in [0.3, 0.4) is 0 Å². The van der Waals surface area contributed by atoms with Gasteiger partial charge in [0.15, 0.2) is 0 Å². The van der Waals surface area contributed by atoms with Crippen molar-refractivity contribution < 1.29 is 9.53 Å². The van der Waals surface area contributed by atoms with Gasteiger partial charge in [0, 0.05) is 0 Å². The van der Waals surface area contributed by atoms with Crippen LogP contribution in [0.5, 0.6) is 0 Å². The summed E-state index contributed by atoms with van der Waals surface area (Å²) in [6.07, 6.45) is -0.0897. The molecule has 0 saturated heterocycles. The molecule has 0 unspecified atom stereocenters. The smallest absolute Gasteiger partial charge is 0.317 e. The standard InChI is InChI=1S/C17H26O2/c1-12(2)17(13(3)4,16(18)19-14(5)6)15-10-8-7-9-11-15/h7-14H,1-6H3. The summed E-state index contributed by atoms with van der Waals surface area (Å²) in [6.45, 7) is 12.2. The second kappa shape index (κ2) is 6.23. The zero-order valence-electron chi connectivity index (χ0n) is 12.9. The molecule has 19 heavy (non-hydrogen) atoms. The average Bonchev–Trinajstić information content (AvgIpc) is 2.29. The van der Waals surface area contributed by atoms with Crippen LogP contribution in [0.1, 0.15) is 47.1 Å². The first kappa shape index (κ1) is 15.7. The summed E-state index contributed by atoms with van der Waals surface area (Å²) in [6, 6.07) is 10.0. The van der Waals surface area contributed by atoms with E-state index in [1.165, 1.54) is 0 Å². The molecule has 0 aromatic heterocycles. The van der Waals surface area contributed by atoms with Gasteiger partial charge in [0.25, 0.3) is 0 Å². The Labute approximate surface area is 117 Å². The number of hydrogen-bond donors (Lipinski definition) is 0. The molecular weight excluding hydrogens is 236 g/mol. The Bertz CT molecular complexity index is 397. The molecule has 0 N–H and O–H groups in total. The SMILES string of the molecule is CC(C)OC(=O)C(c1ccccc1)(C(C)C)C(C)C. The summed E-state index contributed by atoms with van der Waals surface area (Å²) in [5.74, 6) is 0.251. The van der Waals surface area contributed by atoms with Gasteiger partial charge in [-0.05, 0) is 31.2 Å². The maximum absolute atomic E-state index is 12.7. The van der Waals surface area contributed by atoms with Crippen molar-refractivity contribution >= 4 is 5.97 Å². The van der Waals surface area contributed by atoms with E-state index in [1.54, 1.807) is 0 Å². The molecule has 2 heteroatoms. The lowest BCUT2D eigenvalue weighted by Crippen LogP contribution is -2.47. The molecule has 0 saturated carbocycles. The van der Waals surface area contributed by atoms with E-state index in [-0.39, 0.29) is 23.9 Å². The van der Waals surface area contributed by atoms with Gasteiger partial charge in [0.2, 0.25) is 0 Å². The quantitative estimate of drug-likeness (QED) is 0.744. The van der Waals surface area contributed by atoms with Crippen LogP contribution >= 0.6 is 0 Å². The molecule has 0 atom stereocenters. The number of carbonyl (C=O) groups is 1. The molecule has 0 aliphatic rings. The molecule has 0 amide bonds. The summed E-state index contributed by atoms with van der Waals surface area (Å²) in [7, 11) is 0. The van der Waals surface area contributed by atoms with Crippen LogP contribution in [-0.4, -0.2) is 12.1 Å². The molecule has 1 aromatic carbocycles. The topological polar surface area (TPSA) is 26.3 Å². The van der Waals surface area contributed by atoms with E-state index in [1.807, 2.05) is 44.2 Å². The fourth-order valence-electron chi connectivity index (χ4n) is 2.95. The van der Waals surface area contributed by atoms with E-state index < -0.39 is 5.41 Å². The zero-order valence-corrected chi connectivity index (χ0v) is 12.9. The van der Waals surface area contributed by atoms with Crippen LogP contribution in [0, 0.1) is 11.8 Å². The maximum atomic E-state index is 12.7. The first-order chi connectivity index (χ1) is 8.83. The predicted molar refractivity (Wildman–Crippen MR) is 79.0 cm³/mol. The highest BCUT2D eigenvalue weighted by Crippen LogP contribution is 2.41. The highest BCUT2D eigenvalue weighted by molar-refractivity contribution is 5.84. The Morgan fingerprint density at radius 1 is 0.947 bits per heavy atom. The van der Waals surface area contributed by atoms with Crippen molar-refractivity contribution in [2.45, 2.75) is 53.1 Å². The molecule has 1 aromatic rings. The fraction of sp³-hybridized carbons (Fsp3) is 0.588. The molecule has 0 heterocycles. The molecule has 0 spiro atoms. The minimum Gasteiger partial charge on any atom is -0.462 e. The molecule has 0 aliphatic carbocycles. The first-order valence-electron chi connectivity index (χ1n) is 7.10. The number of benzene rings is 1. The van der Waals surface area contributed by atoms with Gasteiger partial charge in [-0.2, -0.15) is 0 Å². The third kappa shape index (κ3) is 2.99. The first-order valence-corrected chi connectivity index (χ1v) is 7.10. The van der Waals surface area contributed by atoms with Crippen LogP contribution in [0.15, 0.2) is 30.3 Å². The van der Waals surface area contributed by atoms with Crippen LogP contribution in [-0.2, 0) is 14.9 Å². The lowest BCUT2D eigenvalue weighted by atomic mass is 9.64. The van der Waals surface area contributed by atoms with Crippen molar-refractivity contribution in [1.29, 1.82) is 0 Å². The summed E-state index contributed by atoms with van der Waals surface area (Å²) < 4.78 is 5.55. The lowest BCUT2D eigenvalue weighted by molar-refractivity contribution is -0.159. The van der Waals surface area contributed by atoms with E-state index in [2.05, 4.69) is 27.7 Å². The average molecular weight is 262 g/mol. The largest absolute Gasteiger partial charge is 0.462 e. The van der Waals surface area contributed by atoms with Gasteiger partial charge in [0.1, 0.15) is 0 Å². The van der Waals surface area contributed by atoms with E-state index in [0.717, 1.165) is 5.56 Å². The van der Waals surface area contributed by atoms with Crippen LogP contribution < -0.4 is 0 Å². The third-order valence-electron chi connectivity index (χ3n) is 3.75. The number of carbonyl (C=O) groups excluding carboxylic acids is 1. The van der Waals surface area contributed by atoms with Crippen molar-refractivity contribution in [2.75, 3.05) is 0 Å². The second-order valence-corrected chi connectivity index (χ2v) is 6.00. The number of esters is 1. The van der Waals surface area contributed by atoms with Gasteiger partial charge >= 0.3 is 5.97 Å². The highest BCUT2D eigenvalue weighted by atomic mass is 16.5. The Morgan fingerprint density at radius 2 is 1.42 bits per heavy atom. The van der Waals surface area contributed by atoms with E-state index >= 15 is 0 Å². The normalized spacial score (nSPS) is 12.3. The monoisotopic (exact) mass is 262 g/mol. The molecule has 0 radical (unpaired) electrons. The van der Waals surface area contributed by atoms with Crippen molar-refractivity contribution in [2.24, 2.45) is 11.8 Å². The Morgan fingerprint density at radius 3 is 1.79 bits per heavy atom. The lowest BCUT2D eigenvalue weighted by Gasteiger charge is -2.39. The van der Waals surface area contributed by atoms with Crippen molar-refractivity contribution in [3.8, 4) is 0 Å². The van der Waals surface area contributed by atoms with E-state index in [9.17, 15) is 4.79 Å². The maximum Gasteiger partial charge on any atom is 0.317 e. The molecule has 2 nitrogen and oxygen atoms in total. The summed E-state index contributed by atoms with van der Waals surface area (Å²) in [5, 5.41) is 0. The molecule has 0 aliphatic heterocycles. The van der Waals surface area contributed by atoms with Crippen LogP contribution in [0.25, 0.3) is 0 Å².